The molecule has 0 radical (unpaired) electrons. The highest BCUT2D eigenvalue weighted by molar-refractivity contribution is 5.41. The van der Waals surface area contributed by atoms with Crippen molar-refractivity contribution in [3.05, 3.63) is 24.1 Å². The first-order valence-electron chi connectivity index (χ1n) is 5.36. The van der Waals surface area contributed by atoms with Crippen LogP contribution >= 0.6 is 0 Å². The zero-order chi connectivity index (χ0) is 10.4. The molecule has 2 fully saturated rings. The second-order valence-corrected chi connectivity index (χ2v) is 4.47. The van der Waals surface area contributed by atoms with Crippen molar-refractivity contribution in [3.63, 3.8) is 0 Å². The van der Waals surface area contributed by atoms with Crippen LogP contribution in [-0.2, 0) is 0 Å². The topological polar surface area (TPSA) is 42.1 Å². The number of hydrogen-bond acceptors (Lipinski definition) is 3. The van der Waals surface area contributed by atoms with Gasteiger partial charge in [-0.25, -0.2) is 9.37 Å². The van der Waals surface area contributed by atoms with Gasteiger partial charge in [-0.2, -0.15) is 0 Å². The molecule has 0 aromatic carbocycles. The predicted octanol–water partition coefficient (Wildman–Crippen LogP) is 0.862. The van der Waals surface area contributed by atoms with Crippen LogP contribution in [0.4, 0.5) is 10.2 Å². The van der Waals surface area contributed by atoms with E-state index >= 15 is 0 Å². The molecule has 3 rings (SSSR count). The number of pyridine rings is 1. The van der Waals surface area contributed by atoms with Crippen LogP contribution in [0.15, 0.2) is 18.3 Å². The zero-order valence-corrected chi connectivity index (χ0v) is 8.44. The highest BCUT2D eigenvalue weighted by atomic mass is 19.1. The molecule has 1 saturated heterocycles. The van der Waals surface area contributed by atoms with Crippen molar-refractivity contribution in [2.45, 2.75) is 0 Å². The third-order valence-corrected chi connectivity index (χ3v) is 3.68. The van der Waals surface area contributed by atoms with Gasteiger partial charge < -0.3 is 10.6 Å². The van der Waals surface area contributed by atoms with Gasteiger partial charge in [0.15, 0.2) is 0 Å². The van der Waals surface area contributed by atoms with E-state index in [9.17, 15) is 4.39 Å². The number of rotatable bonds is 2. The van der Waals surface area contributed by atoms with Crippen LogP contribution in [0.25, 0.3) is 0 Å². The van der Waals surface area contributed by atoms with Crippen LogP contribution in [0.1, 0.15) is 0 Å². The molecular formula is C11H14FN3. The zero-order valence-electron chi connectivity index (χ0n) is 8.44. The molecule has 2 heterocycles. The van der Waals surface area contributed by atoms with Gasteiger partial charge in [0.05, 0.1) is 6.20 Å². The Hall–Kier alpha value is -1.16. The largest absolute Gasteiger partial charge is 0.356 e. The lowest BCUT2D eigenvalue weighted by atomic mass is 10.2. The van der Waals surface area contributed by atoms with Gasteiger partial charge in [0.1, 0.15) is 11.6 Å². The van der Waals surface area contributed by atoms with Crippen LogP contribution < -0.4 is 10.6 Å². The Kier molecular flexibility index (Phi) is 1.92. The van der Waals surface area contributed by atoms with Crippen molar-refractivity contribution >= 4 is 5.82 Å². The lowest BCUT2D eigenvalue weighted by molar-refractivity contribution is 0.616. The molecule has 1 aliphatic heterocycles. The smallest absolute Gasteiger partial charge is 0.141 e. The number of anilines is 1. The normalized spacial score (nSPS) is 32.9. The summed E-state index contributed by atoms with van der Waals surface area (Å²) >= 11 is 0. The fourth-order valence-corrected chi connectivity index (χ4v) is 2.74. The van der Waals surface area contributed by atoms with Gasteiger partial charge >= 0.3 is 0 Å². The number of nitrogens with two attached hydrogens (primary N) is 1. The van der Waals surface area contributed by atoms with Crippen molar-refractivity contribution in [2.24, 2.45) is 23.5 Å². The van der Waals surface area contributed by atoms with E-state index in [4.69, 9.17) is 5.73 Å². The summed E-state index contributed by atoms with van der Waals surface area (Å²) in [6.07, 6.45) is 1.28. The molecule has 2 aliphatic rings. The maximum absolute atomic E-state index is 12.7. The molecule has 80 valence electrons. The minimum atomic E-state index is -0.275. The van der Waals surface area contributed by atoms with Crippen LogP contribution in [0.2, 0.25) is 0 Å². The molecule has 4 heteroatoms. The maximum atomic E-state index is 12.7. The number of aromatic nitrogens is 1. The molecule has 3 nitrogen and oxygen atoms in total. The molecule has 2 unspecified atom stereocenters. The maximum Gasteiger partial charge on any atom is 0.141 e. The standard InChI is InChI=1S/C11H14FN3/c12-7-1-2-11(14-4-7)15-5-9-8(3-13)10(9)6-15/h1-2,4,8-10H,3,5-6,13H2. The van der Waals surface area contributed by atoms with Gasteiger partial charge in [-0.05, 0) is 36.4 Å². The lowest BCUT2D eigenvalue weighted by Gasteiger charge is -2.20. The monoisotopic (exact) mass is 207 g/mol. The van der Waals surface area contributed by atoms with Gasteiger partial charge in [-0.15, -0.1) is 0 Å². The van der Waals surface area contributed by atoms with Crippen molar-refractivity contribution in [1.29, 1.82) is 0 Å². The van der Waals surface area contributed by atoms with Gasteiger partial charge in [-0.3, -0.25) is 0 Å². The third-order valence-electron chi connectivity index (χ3n) is 3.68. The first-order valence-corrected chi connectivity index (χ1v) is 5.36. The van der Waals surface area contributed by atoms with E-state index in [1.165, 1.54) is 12.3 Å². The molecule has 1 aliphatic carbocycles. The predicted molar refractivity (Wildman–Crippen MR) is 55.9 cm³/mol. The summed E-state index contributed by atoms with van der Waals surface area (Å²) in [5, 5.41) is 0. The second-order valence-electron chi connectivity index (χ2n) is 4.47. The highest BCUT2D eigenvalue weighted by Crippen LogP contribution is 2.51. The average Bonchev–Trinajstić information content (AvgIpc) is 2.72. The summed E-state index contributed by atoms with van der Waals surface area (Å²) < 4.78 is 12.7. The number of halogens is 1. The molecule has 2 N–H and O–H groups in total. The molecule has 0 bridgehead atoms. The Morgan fingerprint density at radius 1 is 1.40 bits per heavy atom. The van der Waals surface area contributed by atoms with Crippen LogP contribution in [-0.4, -0.2) is 24.6 Å². The fourth-order valence-electron chi connectivity index (χ4n) is 2.74. The summed E-state index contributed by atoms with van der Waals surface area (Å²) in [6.45, 7) is 2.87. The molecular weight excluding hydrogens is 193 g/mol. The number of fused-ring (bicyclic) bond motifs is 1. The van der Waals surface area contributed by atoms with Crippen molar-refractivity contribution in [1.82, 2.24) is 4.98 Å². The summed E-state index contributed by atoms with van der Waals surface area (Å²) in [5.74, 6) is 2.84. The van der Waals surface area contributed by atoms with Crippen molar-refractivity contribution < 1.29 is 4.39 Å². The van der Waals surface area contributed by atoms with E-state index in [-0.39, 0.29) is 5.82 Å². The quantitative estimate of drug-likeness (QED) is 0.782. The molecule has 0 amide bonds. The number of piperidine rings is 1. The minimum Gasteiger partial charge on any atom is -0.356 e. The Balaban J connectivity index is 1.69. The van der Waals surface area contributed by atoms with E-state index in [1.54, 1.807) is 6.07 Å². The van der Waals surface area contributed by atoms with Crippen molar-refractivity contribution in [3.8, 4) is 0 Å². The molecule has 15 heavy (non-hydrogen) atoms. The van der Waals surface area contributed by atoms with E-state index in [0.717, 1.165) is 43.2 Å². The Morgan fingerprint density at radius 2 is 2.13 bits per heavy atom. The van der Waals surface area contributed by atoms with E-state index < -0.39 is 0 Å². The Bertz CT molecular complexity index is 353. The molecule has 1 aromatic heterocycles. The lowest BCUT2D eigenvalue weighted by Crippen LogP contribution is -2.26. The summed E-state index contributed by atoms with van der Waals surface area (Å²) in [4.78, 5) is 6.31. The minimum absolute atomic E-state index is 0.275. The van der Waals surface area contributed by atoms with Gasteiger partial charge in [-0.1, -0.05) is 0 Å². The summed E-state index contributed by atoms with van der Waals surface area (Å²) in [6, 6.07) is 3.21. The SMILES string of the molecule is NCC1C2CN(c3ccc(F)cn3)CC12. The molecule has 1 aromatic rings. The van der Waals surface area contributed by atoms with Crippen LogP contribution in [0.5, 0.6) is 0 Å². The first kappa shape index (κ1) is 9.09. The van der Waals surface area contributed by atoms with Gasteiger partial charge in [0.2, 0.25) is 0 Å². The third kappa shape index (κ3) is 1.40. The molecule has 1 saturated carbocycles. The number of hydrogen-bond donors (Lipinski definition) is 1. The highest BCUT2D eigenvalue weighted by Gasteiger charge is 2.54. The Labute approximate surface area is 88.1 Å². The van der Waals surface area contributed by atoms with Gasteiger partial charge in [0.25, 0.3) is 0 Å². The Morgan fingerprint density at radius 3 is 2.67 bits per heavy atom. The fraction of sp³-hybridized carbons (Fsp3) is 0.545. The first-order chi connectivity index (χ1) is 7.29. The van der Waals surface area contributed by atoms with Crippen LogP contribution in [0.3, 0.4) is 0 Å². The molecule has 2 atom stereocenters. The second kappa shape index (κ2) is 3.17. The van der Waals surface area contributed by atoms with Crippen molar-refractivity contribution in [2.75, 3.05) is 24.5 Å². The van der Waals surface area contributed by atoms with E-state index in [1.807, 2.05) is 0 Å². The van der Waals surface area contributed by atoms with E-state index in [2.05, 4.69) is 9.88 Å². The van der Waals surface area contributed by atoms with Gasteiger partial charge in [0, 0.05) is 13.1 Å². The molecule has 0 spiro atoms. The number of nitrogens with zero attached hydrogens (tertiary/aromatic N) is 2. The average molecular weight is 207 g/mol. The van der Waals surface area contributed by atoms with E-state index in [0.29, 0.717) is 0 Å². The summed E-state index contributed by atoms with van der Waals surface area (Å²) in [7, 11) is 0. The van der Waals surface area contributed by atoms with Crippen LogP contribution in [0, 0.1) is 23.6 Å². The summed E-state index contributed by atoms with van der Waals surface area (Å²) in [5.41, 5.74) is 5.64.